The van der Waals surface area contributed by atoms with Crippen molar-refractivity contribution in [3.05, 3.63) is 56.2 Å². The zero-order valence-corrected chi connectivity index (χ0v) is 18.3. The summed E-state index contributed by atoms with van der Waals surface area (Å²) in [6, 6.07) is 6.50. The molecule has 2 aliphatic rings. The molecule has 1 saturated heterocycles. The maximum absolute atomic E-state index is 15.1. The van der Waals surface area contributed by atoms with Gasteiger partial charge in [-0.25, -0.2) is 13.6 Å². The second-order valence-corrected chi connectivity index (χ2v) is 8.46. The number of anilines is 2. The number of fused-ring (bicyclic) bond motifs is 1. The monoisotopic (exact) mass is 528 g/mol. The summed E-state index contributed by atoms with van der Waals surface area (Å²) in [4.78, 5) is 26.2. The van der Waals surface area contributed by atoms with Gasteiger partial charge in [0.15, 0.2) is 18.4 Å². The Morgan fingerprint density at radius 1 is 1.30 bits per heavy atom. The van der Waals surface area contributed by atoms with Gasteiger partial charge >= 0.3 is 5.97 Å². The van der Waals surface area contributed by atoms with Crippen LogP contribution in [-0.4, -0.2) is 37.9 Å². The zero-order chi connectivity index (χ0) is 21.4. The highest BCUT2D eigenvalue weighted by atomic mass is 127. The molecule has 2 aliphatic heterocycles. The number of halogens is 3. The lowest BCUT2D eigenvalue weighted by Crippen LogP contribution is -2.35. The van der Waals surface area contributed by atoms with Crippen LogP contribution in [0.5, 0.6) is 0 Å². The summed E-state index contributed by atoms with van der Waals surface area (Å²) in [5, 5.41) is 2.55. The Hall–Kier alpha value is -2.27. The predicted molar refractivity (Wildman–Crippen MR) is 114 cm³/mol. The first-order chi connectivity index (χ1) is 14.4. The number of amides is 1. The molecule has 1 amide bonds. The van der Waals surface area contributed by atoms with Crippen LogP contribution < -0.4 is 10.2 Å². The average molecular weight is 528 g/mol. The second-order valence-electron chi connectivity index (χ2n) is 7.21. The van der Waals surface area contributed by atoms with E-state index >= 15 is 4.39 Å². The largest absolute Gasteiger partial charge is 0.440 e. The van der Waals surface area contributed by atoms with E-state index in [0.717, 1.165) is 28.0 Å². The fourth-order valence-corrected chi connectivity index (χ4v) is 4.33. The molecule has 1 fully saturated rings. The van der Waals surface area contributed by atoms with Crippen LogP contribution >= 0.6 is 22.6 Å². The van der Waals surface area contributed by atoms with Gasteiger partial charge < -0.3 is 19.7 Å². The maximum Gasteiger partial charge on any atom is 0.342 e. The van der Waals surface area contributed by atoms with Gasteiger partial charge in [-0.1, -0.05) is 0 Å². The molecular formula is C21H19F2IN2O4. The van der Waals surface area contributed by atoms with Crippen molar-refractivity contribution in [3.8, 4) is 0 Å². The second kappa shape index (κ2) is 8.46. The van der Waals surface area contributed by atoms with Crippen molar-refractivity contribution in [3.63, 3.8) is 0 Å². The summed E-state index contributed by atoms with van der Waals surface area (Å²) >= 11 is 2.15. The van der Waals surface area contributed by atoms with Crippen LogP contribution in [0.1, 0.15) is 39.1 Å². The van der Waals surface area contributed by atoms with E-state index in [1.54, 1.807) is 6.07 Å². The van der Waals surface area contributed by atoms with Crippen LogP contribution in [0.4, 0.5) is 20.2 Å². The Labute approximate surface area is 185 Å². The van der Waals surface area contributed by atoms with Crippen molar-refractivity contribution in [1.29, 1.82) is 0 Å². The fraction of sp³-hybridized carbons (Fsp3) is 0.333. The minimum Gasteiger partial charge on any atom is -0.440 e. The van der Waals surface area contributed by atoms with Crippen LogP contribution in [0.25, 0.3) is 0 Å². The number of hydrogen-bond acceptors (Lipinski definition) is 5. The third-order valence-corrected chi connectivity index (χ3v) is 5.87. The smallest absolute Gasteiger partial charge is 0.342 e. The number of carbonyl (C=O) groups excluding carboxylic acids is 2. The molecule has 2 aromatic carbocycles. The molecule has 1 unspecified atom stereocenters. The summed E-state index contributed by atoms with van der Waals surface area (Å²) in [5.74, 6) is -4.18. The number of cyclic esters (lactones) is 1. The summed E-state index contributed by atoms with van der Waals surface area (Å²) in [6.07, 6.45) is 1.53. The van der Waals surface area contributed by atoms with Gasteiger partial charge in [-0.05, 0) is 72.2 Å². The van der Waals surface area contributed by atoms with Gasteiger partial charge in [-0.15, -0.1) is 0 Å². The minimum absolute atomic E-state index is 0.149. The minimum atomic E-state index is -1.30. The Kier molecular flexibility index (Phi) is 5.92. The molecule has 1 N–H and O–H groups in total. The first kappa shape index (κ1) is 21.0. The third kappa shape index (κ3) is 3.87. The van der Waals surface area contributed by atoms with Gasteiger partial charge in [0.1, 0.15) is 0 Å². The molecule has 2 heterocycles. The molecule has 0 spiro atoms. The summed E-state index contributed by atoms with van der Waals surface area (Å²) < 4.78 is 41.6. The van der Waals surface area contributed by atoms with Gasteiger partial charge in [0.25, 0.3) is 5.91 Å². The molecule has 6 nitrogen and oxygen atoms in total. The van der Waals surface area contributed by atoms with Crippen LogP contribution in [0, 0.1) is 22.1 Å². The highest BCUT2D eigenvalue weighted by molar-refractivity contribution is 14.1. The molecule has 0 aromatic heterocycles. The van der Waals surface area contributed by atoms with Gasteiger partial charge in [0.2, 0.25) is 0 Å². The predicted octanol–water partition coefficient (Wildman–Crippen LogP) is 4.05. The maximum atomic E-state index is 15.1. The van der Waals surface area contributed by atoms with E-state index in [2.05, 4.69) is 27.9 Å². The summed E-state index contributed by atoms with van der Waals surface area (Å²) in [7, 11) is 0. The third-order valence-electron chi connectivity index (χ3n) is 5.20. The fourth-order valence-electron chi connectivity index (χ4n) is 3.69. The molecule has 9 heteroatoms. The van der Waals surface area contributed by atoms with E-state index in [0.29, 0.717) is 12.3 Å². The Bertz CT molecular complexity index is 1020. The number of benzene rings is 2. The van der Waals surface area contributed by atoms with Crippen molar-refractivity contribution < 1.29 is 27.8 Å². The molecule has 0 bridgehead atoms. The molecule has 0 aliphatic carbocycles. The van der Waals surface area contributed by atoms with E-state index in [1.807, 2.05) is 19.1 Å². The van der Waals surface area contributed by atoms with E-state index < -0.39 is 29.1 Å². The van der Waals surface area contributed by atoms with E-state index in [-0.39, 0.29) is 30.6 Å². The average Bonchev–Trinajstić information content (AvgIpc) is 3.23. The van der Waals surface area contributed by atoms with Gasteiger partial charge in [-0.3, -0.25) is 4.79 Å². The van der Waals surface area contributed by atoms with Gasteiger partial charge in [0.05, 0.1) is 22.9 Å². The highest BCUT2D eigenvalue weighted by Gasteiger charge is 2.34. The number of nitrogens with zero attached hydrogens (tertiary/aromatic N) is 1. The summed E-state index contributed by atoms with van der Waals surface area (Å²) in [6.45, 7) is 2.38. The highest BCUT2D eigenvalue weighted by Crippen LogP contribution is 2.38. The number of rotatable bonds is 4. The molecule has 0 saturated carbocycles. The van der Waals surface area contributed by atoms with Crippen LogP contribution in [0.15, 0.2) is 24.3 Å². The number of hydrogen-bond donors (Lipinski definition) is 1. The number of aryl methyl sites for hydroxylation is 1. The number of ether oxygens (including phenoxy) is 2. The number of nitrogens with one attached hydrogen (secondary N) is 1. The van der Waals surface area contributed by atoms with Crippen molar-refractivity contribution >= 4 is 45.8 Å². The van der Waals surface area contributed by atoms with Crippen LogP contribution in [-0.2, 0) is 9.47 Å². The first-order valence-electron chi connectivity index (χ1n) is 9.49. The summed E-state index contributed by atoms with van der Waals surface area (Å²) in [5.41, 5.74) is 0.425. The molecular weight excluding hydrogens is 509 g/mol. The normalized spacial score (nSPS) is 18.2. The van der Waals surface area contributed by atoms with E-state index in [4.69, 9.17) is 9.47 Å². The molecule has 0 radical (unpaired) electrons. The van der Waals surface area contributed by atoms with E-state index in [1.165, 1.54) is 4.90 Å². The first-order valence-corrected chi connectivity index (χ1v) is 10.6. The number of carbonyl (C=O) groups is 2. The Morgan fingerprint density at radius 3 is 2.80 bits per heavy atom. The lowest BCUT2D eigenvalue weighted by molar-refractivity contribution is 0.0491. The molecule has 1 atom stereocenters. The topological polar surface area (TPSA) is 67.9 Å². The zero-order valence-electron chi connectivity index (χ0n) is 16.1. The van der Waals surface area contributed by atoms with Gasteiger partial charge in [0, 0.05) is 22.4 Å². The van der Waals surface area contributed by atoms with Crippen molar-refractivity contribution in [2.75, 3.05) is 24.8 Å². The SMILES string of the molecule is Cc1cc(I)ccc1N1COC(=O)c2cc(C(=O)NCC3CCCO3)c(F)c(F)c21. The molecule has 2 aromatic rings. The van der Waals surface area contributed by atoms with Crippen molar-refractivity contribution in [2.24, 2.45) is 0 Å². The standard InChI is InChI=1S/C21H19F2IN2O4/c1-11-7-12(24)4-5-16(11)26-10-30-21(28)15-8-14(17(22)18(23)19(15)26)20(27)25-9-13-3-2-6-29-13/h4-5,7-8,13H,2-3,6,9-10H2,1H3,(H,25,27). The van der Waals surface area contributed by atoms with Crippen LogP contribution in [0.3, 0.4) is 0 Å². The number of esters is 1. The molecule has 4 rings (SSSR count). The Balaban J connectivity index is 1.70. The lowest BCUT2D eigenvalue weighted by atomic mass is 10.0. The van der Waals surface area contributed by atoms with E-state index in [9.17, 15) is 14.0 Å². The lowest BCUT2D eigenvalue weighted by Gasteiger charge is -2.32. The van der Waals surface area contributed by atoms with Crippen LogP contribution in [0.2, 0.25) is 0 Å². The Morgan fingerprint density at radius 2 is 2.10 bits per heavy atom. The van der Waals surface area contributed by atoms with Crippen molar-refractivity contribution in [1.82, 2.24) is 5.32 Å². The quantitative estimate of drug-likeness (QED) is 0.480. The van der Waals surface area contributed by atoms with Crippen molar-refractivity contribution in [2.45, 2.75) is 25.9 Å². The van der Waals surface area contributed by atoms with Gasteiger partial charge in [-0.2, -0.15) is 0 Å². The molecule has 158 valence electrons. The molecule has 30 heavy (non-hydrogen) atoms.